The Morgan fingerprint density at radius 3 is 2.79 bits per heavy atom. The van der Waals surface area contributed by atoms with Crippen LogP contribution in [0.5, 0.6) is 5.88 Å². The monoisotopic (exact) mass is 187 g/mol. The van der Waals surface area contributed by atoms with Gasteiger partial charge in [-0.15, -0.1) is 0 Å². The highest BCUT2D eigenvalue weighted by Gasteiger charge is 2.03. The Kier molecular flexibility index (Phi) is 2.35. The number of methoxy groups -OCH3 is 1. The average molecular weight is 187 g/mol. The SMILES string of the molecule is CCc1cc(OC)nc2ccccc12. The molecule has 0 aliphatic carbocycles. The van der Waals surface area contributed by atoms with Crippen LogP contribution in [0.2, 0.25) is 0 Å². The molecule has 2 aromatic rings. The van der Waals surface area contributed by atoms with Gasteiger partial charge in [0, 0.05) is 11.5 Å². The number of para-hydroxylation sites is 1. The summed E-state index contributed by atoms with van der Waals surface area (Å²) in [5.41, 5.74) is 2.29. The van der Waals surface area contributed by atoms with E-state index in [1.54, 1.807) is 7.11 Å². The van der Waals surface area contributed by atoms with E-state index in [0.717, 1.165) is 11.9 Å². The van der Waals surface area contributed by atoms with Crippen molar-refractivity contribution < 1.29 is 4.74 Å². The Morgan fingerprint density at radius 1 is 1.29 bits per heavy atom. The second kappa shape index (κ2) is 3.66. The molecule has 0 saturated carbocycles. The molecule has 0 fully saturated rings. The van der Waals surface area contributed by atoms with Crippen LogP contribution in [0.15, 0.2) is 30.3 Å². The zero-order valence-electron chi connectivity index (χ0n) is 8.45. The van der Waals surface area contributed by atoms with E-state index in [4.69, 9.17) is 4.74 Å². The van der Waals surface area contributed by atoms with Crippen LogP contribution in [0.4, 0.5) is 0 Å². The molecule has 0 unspecified atom stereocenters. The minimum Gasteiger partial charge on any atom is -0.481 e. The molecule has 72 valence electrons. The first-order valence-electron chi connectivity index (χ1n) is 4.77. The molecule has 0 spiro atoms. The summed E-state index contributed by atoms with van der Waals surface area (Å²) in [6.07, 6.45) is 0.999. The van der Waals surface area contributed by atoms with Crippen molar-refractivity contribution in [3.63, 3.8) is 0 Å². The van der Waals surface area contributed by atoms with Crippen LogP contribution < -0.4 is 4.74 Å². The third kappa shape index (κ3) is 1.43. The van der Waals surface area contributed by atoms with E-state index in [9.17, 15) is 0 Å². The van der Waals surface area contributed by atoms with Crippen molar-refractivity contribution in [3.05, 3.63) is 35.9 Å². The number of aromatic nitrogens is 1. The van der Waals surface area contributed by atoms with Crippen LogP contribution in [-0.4, -0.2) is 12.1 Å². The first kappa shape index (κ1) is 9.00. The standard InChI is InChI=1S/C12H13NO/c1-3-9-8-12(14-2)13-11-7-5-4-6-10(9)11/h4-8H,3H2,1-2H3. The van der Waals surface area contributed by atoms with E-state index >= 15 is 0 Å². The van der Waals surface area contributed by atoms with Gasteiger partial charge in [-0.2, -0.15) is 0 Å². The number of benzene rings is 1. The van der Waals surface area contributed by atoms with Crippen molar-refractivity contribution in [3.8, 4) is 5.88 Å². The third-order valence-corrected chi connectivity index (χ3v) is 2.37. The number of nitrogens with zero attached hydrogens (tertiary/aromatic N) is 1. The largest absolute Gasteiger partial charge is 0.481 e. The van der Waals surface area contributed by atoms with Crippen LogP contribution in [0, 0.1) is 0 Å². The number of aryl methyl sites for hydroxylation is 1. The van der Waals surface area contributed by atoms with Crippen LogP contribution in [0.3, 0.4) is 0 Å². The lowest BCUT2D eigenvalue weighted by Gasteiger charge is -2.06. The van der Waals surface area contributed by atoms with E-state index in [2.05, 4.69) is 18.0 Å². The quantitative estimate of drug-likeness (QED) is 0.721. The van der Waals surface area contributed by atoms with Gasteiger partial charge in [0.2, 0.25) is 5.88 Å². The molecule has 14 heavy (non-hydrogen) atoms. The number of hydrogen-bond acceptors (Lipinski definition) is 2. The molecule has 2 nitrogen and oxygen atoms in total. The van der Waals surface area contributed by atoms with E-state index < -0.39 is 0 Å². The molecule has 2 heteroatoms. The predicted molar refractivity (Wildman–Crippen MR) is 57.7 cm³/mol. The van der Waals surface area contributed by atoms with Crippen LogP contribution in [-0.2, 0) is 6.42 Å². The molecule has 0 atom stereocenters. The fraction of sp³-hybridized carbons (Fsp3) is 0.250. The minimum atomic E-state index is 0.695. The molecule has 1 aromatic heterocycles. The smallest absolute Gasteiger partial charge is 0.213 e. The van der Waals surface area contributed by atoms with Gasteiger partial charge in [0.1, 0.15) is 0 Å². The van der Waals surface area contributed by atoms with Gasteiger partial charge in [0.25, 0.3) is 0 Å². The van der Waals surface area contributed by atoms with E-state index in [-0.39, 0.29) is 0 Å². The van der Waals surface area contributed by atoms with Gasteiger partial charge in [-0.3, -0.25) is 0 Å². The van der Waals surface area contributed by atoms with Crippen LogP contribution in [0.1, 0.15) is 12.5 Å². The summed E-state index contributed by atoms with van der Waals surface area (Å²) < 4.78 is 5.15. The van der Waals surface area contributed by atoms with E-state index in [1.807, 2.05) is 24.3 Å². The Balaban J connectivity index is 2.73. The fourth-order valence-corrected chi connectivity index (χ4v) is 1.62. The molecular weight excluding hydrogens is 174 g/mol. The van der Waals surface area contributed by atoms with Crippen molar-refractivity contribution in [1.82, 2.24) is 4.98 Å². The maximum atomic E-state index is 5.15. The molecule has 0 saturated heterocycles. The highest BCUT2D eigenvalue weighted by molar-refractivity contribution is 5.82. The zero-order valence-corrected chi connectivity index (χ0v) is 8.45. The number of fused-ring (bicyclic) bond motifs is 1. The van der Waals surface area contributed by atoms with Crippen molar-refractivity contribution >= 4 is 10.9 Å². The van der Waals surface area contributed by atoms with Crippen molar-refractivity contribution in [2.24, 2.45) is 0 Å². The van der Waals surface area contributed by atoms with Gasteiger partial charge in [0.05, 0.1) is 12.6 Å². The Morgan fingerprint density at radius 2 is 2.07 bits per heavy atom. The summed E-state index contributed by atoms with van der Waals surface area (Å²) in [4.78, 5) is 4.38. The van der Waals surface area contributed by atoms with Crippen molar-refractivity contribution in [1.29, 1.82) is 0 Å². The van der Waals surface area contributed by atoms with Crippen molar-refractivity contribution in [2.45, 2.75) is 13.3 Å². The molecule has 2 rings (SSSR count). The molecule has 0 amide bonds. The van der Waals surface area contributed by atoms with E-state index in [0.29, 0.717) is 5.88 Å². The second-order valence-electron chi connectivity index (χ2n) is 3.19. The lowest BCUT2D eigenvalue weighted by molar-refractivity contribution is 0.399. The maximum absolute atomic E-state index is 5.15. The minimum absolute atomic E-state index is 0.695. The molecule has 1 heterocycles. The molecule has 0 bridgehead atoms. The summed E-state index contributed by atoms with van der Waals surface area (Å²) in [5, 5.41) is 1.22. The predicted octanol–water partition coefficient (Wildman–Crippen LogP) is 2.81. The molecular formula is C12H13NO. The summed E-state index contributed by atoms with van der Waals surface area (Å²) in [6, 6.07) is 10.1. The lowest BCUT2D eigenvalue weighted by Crippen LogP contribution is -1.92. The lowest BCUT2D eigenvalue weighted by atomic mass is 10.1. The first-order valence-corrected chi connectivity index (χ1v) is 4.77. The summed E-state index contributed by atoms with van der Waals surface area (Å²) in [6.45, 7) is 2.14. The Bertz CT molecular complexity index is 451. The fourth-order valence-electron chi connectivity index (χ4n) is 1.62. The van der Waals surface area contributed by atoms with E-state index in [1.165, 1.54) is 10.9 Å². The molecule has 0 aliphatic heterocycles. The zero-order chi connectivity index (χ0) is 9.97. The van der Waals surface area contributed by atoms with Gasteiger partial charge in [-0.05, 0) is 18.1 Å². The van der Waals surface area contributed by atoms with Gasteiger partial charge in [0.15, 0.2) is 0 Å². The van der Waals surface area contributed by atoms with Gasteiger partial charge in [-0.25, -0.2) is 4.98 Å². The van der Waals surface area contributed by atoms with Gasteiger partial charge in [-0.1, -0.05) is 25.1 Å². The molecule has 0 radical (unpaired) electrons. The molecule has 0 N–H and O–H groups in total. The topological polar surface area (TPSA) is 22.1 Å². The number of ether oxygens (including phenoxy) is 1. The highest BCUT2D eigenvalue weighted by atomic mass is 16.5. The van der Waals surface area contributed by atoms with Gasteiger partial charge < -0.3 is 4.74 Å². The normalized spacial score (nSPS) is 10.4. The van der Waals surface area contributed by atoms with Crippen molar-refractivity contribution in [2.75, 3.05) is 7.11 Å². The number of hydrogen-bond donors (Lipinski definition) is 0. The highest BCUT2D eigenvalue weighted by Crippen LogP contribution is 2.21. The average Bonchev–Trinajstić information content (AvgIpc) is 2.27. The summed E-state index contributed by atoms with van der Waals surface area (Å²) >= 11 is 0. The van der Waals surface area contributed by atoms with Crippen LogP contribution >= 0.6 is 0 Å². The van der Waals surface area contributed by atoms with Gasteiger partial charge >= 0.3 is 0 Å². The Labute approximate surface area is 83.5 Å². The Hall–Kier alpha value is -1.57. The summed E-state index contributed by atoms with van der Waals surface area (Å²) in [7, 11) is 1.65. The molecule has 1 aromatic carbocycles. The maximum Gasteiger partial charge on any atom is 0.213 e. The second-order valence-corrected chi connectivity index (χ2v) is 3.19. The third-order valence-electron chi connectivity index (χ3n) is 2.37. The number of rotatable bonds is 2. The molecule has 0 aliphatic rings. The van der Waals surface area contributed by atoms with Crippen LogP contribution in [0.25, 0.3) is 10.9 Å². The first-order chi connectivity index (χ1) is 6.85. The summed E-state index contributed by atoms with van der Waals surface area (Å²) in [5.74, 6) is 0.695. The number of pyridine rings is 1.